The number of hydrazone groups is 1. The van der Waals surface area contributed by atoms with Crippen LogP contribution in [0.2, 0.25) is 5.02 Å². The summed E-state index contributed by atoms with van der Waals surface area (Å²) in [5, 5.41) is 6.40. The Hall–Kier alpha value is -2.66. The van der Waals surface area contributed by atoms with E-state index in [4.69, 9.17) is 16.3 Å². The molecule has 2 aromatic rings. The van der Waals surface area contributed by atoms with Crippen molar-refractivity contribution >= 4 is 29.2 Å². The summed E-state index contributed by atoms with van der Waals surface area (Å²) < 4.78 is 4.98. The number of benzene rings is 2. The highest BCUT2D eigenvalue weighted by molar-refractivity contribution is 6.30. The molecule has 1 heterocycles. The lowest BCUT2D eigenvalue weighted by Gasteiger charge is -2.23. The second-order valence-corrected chi connectivity index (χ2v) is 6.83. The highest BCUT2D eigenvalue weighted by atomic mass is 35.5. The highest BCUT2D eigenvalue weighted by Crippen LogP contribution is 2.33. The molecule has 0 unspecified atom stereocenters. The molecule has 3 rings (SSSR count). The fourth-order valence-corrected chi connectivity index (χ4v) is 3.14. The zero-order chi connectivity index (χ0) is 18.7. The molecule has 0 saturated carbocycles. The van der Waals surface area contributed by atoms with Gasteiger partial charge in [-0.2, -0.15) is 5.10 Å². The van der Waals surface area contributed by atoms with Gasteiger partial charge in [0, 0.05) is 5.02 Å². The lowest BCUT2D eigenvalue weighted by Crippen LogP contribution is -2.41. The molecule has 2 aromatic carbocycles. The van der Waals surface area contributed by atoms with Gasteiger partial charge in [0.15, 0.2) is 0 Å². The molecule has 1 aliphatic heterocycles. The third kappa shape index (κ3) is 3.48. The molecule has 1 amide bonds. The van der Waals surface area contributed by atoms with E-state index in [1.807, 2.05) is 30.3 Å². The zero-order valence-electron chi connectivity index (χ0n) is 14.6. The largest absolute Gasteiger partial charge is 0.468 e. The van der Waals surface area contributed by atoms with Crippen molar-refractivity contribution in [1.82, 2.24) is 5.01 Å². The van der Waals surface area contributed by atoms with Crippen molar-refractivity contribution < 1.29 is 14.3 Å². The third-order valence-electron chi connectivity index (χ3n) is 4.45. The molecule has 0 bridgehead atoms. The van der Waals surface area contributed by atoms with E-state index < -0.39 is 11.4 Å². The Bertz CT molecular complexity index is 849. The van der Waals surface area contributed by atoms with E-state index >= 15 is 0 Å². The Morgan fingerprint density at radius 3 is 2.42 bits per heavy atom. The predicted molar refractivity (Wildman–Crippen MR) is 100.0 cm³/mol. The van der Waals surface area contributed by atoms with Crippen molar-refractivity contribution in [3.05, 3.63) is 70.7 Å². The van der Waals surface area contributed by atoms with Gasteiger partial charge in [-0.3, -0.25) is 9.59 Å². The van der Waals surface area contributed by atoms with E-state index in [2.05, 4.69) is 5.10 Å². The minimum absolute atomic E-state index is 0.142. The number of nitrogens with zero attached hydrogens (tertiary/aromatic N) is 2. The van der Waals surface area contributed by atoms with Crippen molar-refractivity contribution in [2.24, 2.45) is 10.5 Å². The van der Waals surface area contributed by atoms with Crippen LogP contribution in [0.1, 0.15) is 18.1 Å². The first-order valence-electron chi connectivity index (χ1n) is 8.22. The molecule has 134 valence electrons. The number of rotatable bonds is 4. The molecular formula is C20H19ClN2O3. The van der Waals surface area contributed by atoms with Crippen LogP contribution < -0.4 is 0 Å². The number of carbonyl (C=O) groups excluding carboxylic acids is 2. The maximum atomic E-state index is 12.7. The van der Waals surface area contributed by atoms with Crippen molar-refractivity contribution in [2.45, 2.75) is 13.3 Å². The standard InChI is InChI=1S/C20H19ClN2O3/c1-20(19(25)26-2)13-23(17(24)12-14-6-4-3-5-7-14)22-18(20)15-8-10-16(21)11-9-15/h3-11H,12-13H2,1-2H3/t20-/m0/s1. The molecular weight excluding hydrogens is 352 g/mol. The SMILES string of the molecule is COC(=O)[C@@]1(C)CN(C(=O)Cc2ccccc2)N=C1c1ccc(Cl)cc1. The van der Waals surface area contributed by atoms with Gasteiger partial charge in [-0.05, 0) is 30.2 Å². The second-order valence-electron chi connectivity index (χ2n) is 6.39. The number of amides is 1. The first-order valence-corrected chi connectivity index (χ1v) is 8.59. The average molecular weight is 371 g/mol. The third-order valence-corrected chi connectivity index (χ3v) is 4.70. The van der Waals surface area contributed by atoms with Crippen LogP contribution in [0, 0.1) is 5.41 Å². The van der Waals surface area contributed by atoms with Crippen LogP contribution in [0.5, 0.6) is 0 Å². The summed E-state index contributed by atoms with van der Waals surface area (Å²) in [5.74, 6) is -0.600. The van der Waals surface area contributed by atoms with Crippen molar-refractivity contribution in [3.63, 3.8) is 0 Å². The van der Waals surface area contributed by atoms with E-state index in [0.29, 0.717) is 10.7 Å². The van der Waals surface area contributed by atoms with Gasteiger partial charge in [0.25, 0.3) is 0 Å². The minimum Gasteiger partial charge on any atom is -0.468 e. The Balaban J connectivity index is 1.92. The Morgan fingerprint density at radius 1 is 1.15 bits per heavy atom. The van der Waals surface area contributed by atoms with Crippen LogP contribution in [0.15, 0.2) is 59.7 Å². The van der Waals surface area contributed by atoms with Gasteiger partial charge >= 0.3 is 5.97 Å². The quantitative estimate of drug-likeness (QED) is 0.776. The summed E-state index contributed by atoms with van der Waals surface area (Å²) in [4.78, 5) is 25.1. The van der Waals surface area contributed by atoms with Crippen LogP contribution in [0.4, 0.5) is 0 Å². The normalized spacial score (nSPS) is 19.2. The number of ether oxygens (including phenoxy) is 1. The Morgan fingerprint density at radius 2 is 1.81 bits per heavy atom. The van der Waals surface area contributed by atoms with Gasteiger partial charge in [0.2, 0.25) is 5.91 Å². The topological polar surface area (TPSA) is 59.0 Å². The number of hydrogen-bond acceptors (Lipinski definition) is 4. The summed E-state index contributed by atoms with van der Waals surface area (Å²) in [6.45, 7) is 1.88. The lowest BCUT2D eigenvalue weighted by molar-refractivity contribution is -0.148. The van der Waals surface area contributed by atoms with Gasteiger partial charge in [0.05, 0.1) is 25.8 Å². The monoisotopic (exact) mass is 370 g/mol. The number of esters is 1. The van der Waals surface area contributed by atoms with Crippen molar-refractivity contribution in [3.8, 4) is 0 Å². The second kappa shape index (κ2) is 7.30. The molecule has 1 aliphatic rings. The van der Waals surface area contributed by atoms with Gasteiger partial charge < -0.3 is 4.74 Å². The van der Waals surface area contributed by atoms with E-state index in [0.717, 1.165) is 11.1 Å². The van der Waals surface area contributed by atoms with Gasteiger partial charge in [-0.25, -0.2) is 5.01 Å². The predicted octanol–water partition coefficient (Wildman–Crippen LogP) is 3.31. The van der Waals surface area contributed by atoms with Gasteiger partial charge in [-0.1, -0.05) is 54.1 Å². The van der Waals surface area contributed by atoms with Crippen LogP contribution in [-0.4, -0.2) is 36.3 Å². The summed E-state index contributed by atoms with van der Waals surface area (Å²) >= 11 is 5.95. The van der Waals surface area contributed by atoms with E-state index in [1.54, 1.807) is 31.2 Å². The molecule has 0 spiro atoms. The van der Waals surface area contributed by atoms with Crippen LogP contribution >= 0.6 is 11.6 Å². The highest BCUT2D eigenvalue weighted by Gasteiger charge is 2.48. The molecule has 0 N–H and O–H groups in total. The van der Waals surface area contributed by atoms with Gasteiger partial charge in [-0.15, -0.1) is 0 Å². The van der Waals surface area contributed by atoms with E-state index in [9.17, 15) is 9.59 Å². The van der Waals surface area contributed by atoms with Crippen LogP contribution in [-0.2, 0) is 20.7 Å². The maximum absolute atomic E-state index is 12.7. The lowest BCUT2D eigenvalue weighted by atomic mass is 9.82. The minimum atomic E-state index is -1.03. The zero-order valence-corrected chi connectivity index (χ0v) is 15.4. The van der Waals surface area contributed by atoms with E-state index in [1.165, 1.54) is 12.1 Å². The number of methoxy groups -OCH3 is 1. The van der Waals surface area contributed by atoms with Crippen molar-refractivity contribution in [2.75, 3.05) is 13.7 Å². The molecule has 0 radical (unpaired) electrons. The fourth-order valence-electron chi connectivity index (χ4n) is 3.02. The molecule has 1 atom stereocenters. The summed E-state index contributed by atoms with van der Waals surface area (Å²) in [6.07, 6.45) is 0.218. The molecule has 0 fully saturated rings. The molecule has 0 aromatic heterocycles. The Labute approximate surface area is 157 Å². The molecule has 0 saturated heterocycles. The fraction of sp³-hybridized carbons (Fsp3) is 0.250. The van der Waals surface area contributed by atoms with Crippen LogP contribution in [0.25, 0.3) is 0 Å². The molecule has 26 heavy (non-hydrogen) atoms. The first kappa shape index (κ1) is 18.1. The summed E-state index contributed by atoms with van der Waals surface area (Å²) in [7, 11) is 1.33. The smallest absolute Gasteiger partial charge is 0.319 e. The van der Waals surface area contributed by atoms with Gasteiger partial charge in [0.1, 0.15) is 5.41 Å². The van der Waals surface area contributed by atoms with E-state index in [-0.39, 0.29) is 18.9 Å². The number of hydrogen-bond donors (Lipinski definition) is 0. The number of halogens is 1. The molecule has 5 nitrogen and oxygen atoms in total. The molecule has 6 heteroatoms. The summed E-state index contributed by atoms with van der Waals surface area (Å²) in [6, 6.07) is 16.5. The first-order chi connectivity index (χ1) is 12.4. The Kier molecular flexibility index (Phi) is 5.09. The van der Waals surface area contributed by atoms with Crippen molar-refractivity contribution in [1.29, 1.82) is 0 Å². The number of carbonyl (C=O) groups is 2. The average Bonchev–Trinajstić information content (AvgIpc) is 3.01. The van der Waals surface area contributed by atoms with Crippen LogP contribution in [0.3, 0.4) is 0 Å². The summed E-state index contributed by atoms with van der Waals surface area (Å²) in [5.41, 5.74) is 1.10. The maximum Gasteiger partial charge on any atom is 0.319 e. The molecule has 0 aliphatic carbocycles.